The van der Waals surface area contributed by atoms with Crippen LogP contribution in [-0.4, -0.2) is 18.1 Å². The SMILES string of the molecule is N#CCN(CC#N)c1ncc(N)cc1C#N. The minimum Gasteiger partial charge on any atom is -0.397 e. The maximum Gasteiger partial charge on any atom is 0.148 e. The van der Waals surface area contributed by atoms with Crippen LogP contribution in [0.4, 0.5) is 11.5 Å². The Kier molecular flexibility index (Phi) is 3.66. The van der Waals surface area contributed by atoms with Crippen LogP contribution in [0.2, 0.25) is 0 Å². The van der Waals surface area contributed by atoms with Crippen LogP contribution in [0.3, 0.4) is 0 Å². The third kappa shape index (κ3) is 2.37. The van der Waals surface area contributed by atoms with Crippen molar-refractivity contribution in [3.8, 4) is 18.2 Å². The summed E-state index contributed by atoms with van der Waals surface area (Å²) in [5.41, 5.74) is 6.11. The lowest BCUT2D eigenvalue weighted by molar-refractivity contribution is 0.932. The number of aromatic nitrogens is 1. The van der Waals surface area contributed by atoms with Gasteiger partial charge < -0.3 is 10.6 Å². The first kappa shape index (κ1) is 11.3. The zero-order valence-corrected chi connectivity index (χ0v) is 8.38. The summed E-state index contributed by atoms with van der Waals surface area (Å²) in [7, 11) is 0. The molecule has 1 rings (SSSR count). The Morgan fingerprint density at radius 3 is 2.38 bits per heavy atom. The molecule has 1 heterocycles. The molecule has 0 bridgehead atoms. The largest absolute Gasteiger partial charge is 0.397 e. The fourth-order valence-electron chi connectivity index (χ4n) is 1.18. The molecule has 0 fully saturated rings. The van der Waals surface area contributed by atoms with Crippen LogP contribution in [0, 0.1) is 34.0 Å². The Morgan fingerprint density at radius 1 is 1.25 bits per heavy atom. The van der Waals surface area contributed by atoms with Crippen LogP contribution in [0.1, 0.15) is 5.56 Å². The third-order valence-electron chi connectivity index (χ3n) is 1.83. The highest BCUT2D eigenvalue weighted by atomic mass is 15.2. The summed E-state index contributed by atoms with van der Waals surface area (Å²) in [5, 5.41) is 26.1. The minimum atomic E-state index is -0.000835. The first-order valence-corrected chi connectivity index (χ1v) is 4.37. The van der Waals surface area contributed by atoms with Crippen LogP contribution >= 0.6 is 0 Å². The number of pyridine rings is 1. The second kappa shape index (κ2) is 5.19. The first-order chi connectivity index (χ1) is 7.72. The summed E-state index contributed by atoms with van der Waals surface area (Å²) in [6.45, 7) is -0.00167. The van der Waals surface area contributed by atoms with E-state index >= 15 is 0 Å². The summed E-state index contributed by atoms with van der Waals surface area (Å²) >= 11 is 0. The molecule has 0 aromatic carbocycles. The Bertz CT molecular complexity index is 486. The summed E-state index contributed by atoms with van der Waals surface area (Å²) < 4.78 is 0. The van der Waals surface area contributed by atoms with Crippen molar-refractivity contribution in [2.24, 2.45) is 0 Å². The van der Waals surface area contributed by atoms with Crippen molar-refractivity contribution >= 4 is 11.5 Å². The van der Waals surface area contributed by atoms with Gasteiger partial charge in [-0.25, -0.2) is 4.98 Å². The number of nitrogen functional groups attached to an aromatic ring is 1. The number of nitrogens with two attached hydrogens (primary N) is 1. The molecule has 0 aliphatic carbocycles. The van der Waals surface area contributed by atoms with E-state index in [0.717, 1.165) is 0 Å². The lowest BCUT2D eigenvalue weighted by atomic mass is 10.2. The van der Waals surface area contributed by atoms with Gasteiger partial charge in [0.25, 0.3) is 0 Å². The summed E-state index contributed by atoms with van der Waals surface area (Å²) in [6.07, 6.45) is 1.39. The molecule has 1 aromatic heterocycles. The van der Waals surface area contributed by atoms with Gasteiger partial charge in [-0.05, 0) is 6.07 Å². The number of nitriles is 3. The van der Waals surface area contributed by atoms with E-state index in [4.69, 9.17) is 21.5 Å². The maximum atomic E-state index is 8.89. The Morgan fingerprint density at radius 2 is 1.88 bits per heavy atom. The van der Waals surface area contributed by atoms with E-state index in [-0.39, 0.29) is 18.7 Å². The van der Waals surface area contributed by atoms with Gasteiger partial charge in [0.15, 0.2) is 0 Å². The second-order valence-electron chi connectivity index (χ2n) is 2.92. The van der Waals surface area contributed by atoms with Gasteiger partial charge in [-0.1, -0.05) is 0 Å². The highest BCUT2D eigenvalue weighted by Crippen LogP contribution is 2.18. The molecule has 6 heteroatoms. The molecule has 78 valence electrons. The average molecular weight is 212 g/mol. The fraction of sp³-hybridized carbons (Fsp3) is 0.200. The molecule has 0 aliphatic heterocycles. The molecule has 0 aliphatic rings. The van der Waals surface area contributed by atoms with Crippen LogP contribution in [-0.2, 0) is 0 Å². The molecule has 0 saturated heterocycles. The smallest absolute Gasteiger partial charge is 0.148 e. The van der Waals surface area contributed by atoms with Gasteiger partial charge in [0.2, 0.25) is 0 Å². The zero-order chi connectivity index (χ0) is 12.0. The number of hydrogen-bond donors (Lipinski definition) is 1. The van der Waals surface area contributed by atoms with E-state index in [0.29, 0.717) is 11.5 Å². The Hall–Kier alpha value is -2.78. The molecular formula is C10H8N6. The van der Waals surface area contributed by atoms with Gasteiger partial charge in [-0.2, -0.15) is 15.8 Å². The van der Waals surface area contributed by atoms with Crippen molar-refractivity contribution in [2.45, 2.75) is 0 Å². The van der Waals surface area contributed by atoms with E-state index in [2.05, 4.69) is 4.98 Å². The van der Waals surface area contributed by atoms with Gasteiger partial charge >= 0.3 is 0 Å². The predicted octanol–water partition coefficient (Wildman–Crippen LogP) is 0.389. The van der Waals surface area contributed by atoms with Crippen LogP contribution in [0.15, 0.2) is 12.3 Å². The molecule has 0 saturated carbocycles. The van der Waals surface area contributed by atoms with E-state index in [9.17, 15) is 0 Å². The maximum absolute atomic E-state index is 8.89. The van der Waals surface area contributed by atoms with Crippen molar-refractivity contribution < 1.29 is 0 Å². The molecule has 0 unspecified atom stereocenters. The predicted molar refractivity (Wildman–Crippen MR) is 56.8 cm³/mol. The van der Waals surface area contributed by atoms with Crippen molar-refractivity contribution in [3.05, 3.63) is 17.8 Å². The van der Waals surface area contributed by atoms with E-state index in [1.807, 2.05) is 18.2 Å². The molecule has 2 N–H and O–H groups in total. The van der Waals surface area contributed by atoms with Crippen molar-refractivity contribution in [3.63, 3.8) is 0 Å². The van der Waals surface area contributed by atoms with Gasteiger partial charge in [0, 0.05) is 0 Å². The summed E-state index contributed by atoms with van der Waals surface area (Å²) in [6, 6.07) is 7.22. The fourth-order valence-corrected chi connectivity index (χ4v) is 1.18. The van der Waals surface area contributed by atoms with Crippen LogP contribution in [0.25, 0.3) is 0 Å². The molecule has 0 radical (unpaired) electrons. The van der Waals surface area contributed by atoms with E-state index in [1.54, 1.807) is 0 Å². The van der Waals surface area contributed by atoms with E-state index < -0.39 is 0 Å². The van der Waals surface area contributed by atoms with Crippen LogP contribution in [0.5, 0.6) is 0 Å². The summed E-state index contributed by atoms with van der Waals surface area (Å²) in [5.74, 6) is 0.305. The van der Waals surface area contributed by atoms with E-state index in [1.165, 1.54) is 17.2 Å². The van der Waals surface area contributed by atoms with Gasteiger partial charge in [-0.15, -0.1) is 0 Å². The van der Waals surface area contributed by atoms with Gasteiger partial charge in [0.1, 0.15) is 25.0 Å². The first-order valence-electron chi connectivity index (χ1n) is 4.37. The minimum absolute atomic E-state index is 0.000835. The molecule has 1 aromatic rings. The second-order valence-corrected chi connectivity index (χ2v) is 2.92. The standard InChI is InChI=1S/C10H8N6/c11-1-3-16(4-2-12)10-8(6-13)5-9(14)7-15-10/h5,7H,3-4,14H2. The van der Waals surface area contributed by atoms with Crippen molar-refractivity contribution in [2.75, 3.05) is 23.7 Å². The Labute approximate surface area is 92.8 Å². The van der Waals surface area contributed by atoms with Gasteiger partial charge in [-0.3, -0.25) is 0 Å². The number of nitrogens with zero attached hydrogens (tertiary/aromatic N) is 5. The molecular weight excluding hydrogens is 204 g/mol. The number of anilines is 2. The van der Waals surface area contributed by atoms with Gasteiger partial charge in [0.05, 0.1) is 29.6 Å². The van der Waals surface area contributed by atoms with Crippen molar-refractivity contribution in [1.82, 2.24) is 4.98 Å². The molecule has 0 atom stereocenters. The highest BCUT2D eigenvalue weighted by molar-refractivity contribution is 5.59. The summed E-state index contributed by atoms with van der Waals surface area (Å²) in [4.78, 5) is 5.38. The average Bonchev–Trinajstić information content (AvgIpc) is 2.28. The molecule has 0 spiro atoms. The third-order valence-corrected chi connectivity index (χ3v) is 1.83. The highest BCUT2D eigenvalue weighted by Gasteiger charge is 2.12. The molecule has 6 nitrogen and oxygen atoms in total. The quantitative estimate of drug-likeness (QED) is 0.725. The Balaban J connectivity index is 3.16. The normalized spacial score (nSPS) is 8.56. The number of rotatable bonds is 3. The lowest BCUT2D eigenvalue weighted by Crippen LogP contribution is -2.25. The monoisotopic (exact) mass is 212 g/mol. The van der Waals surface area contributed by atoms with Crippen LogP contribution < -0.4 is 10.6 Å². The number of hydrogen-bond acceptors (Lipinski definition) is 6. The lowest BCUT2D eigenvalue weighted by Gasteiger charge is -2.17. The molecule has 0 amide bonds. The topological polar surface area (TPSA) is 114 Å². The molecule has 16 heavy (non-hydrogen) atoms. The van der Waals surface area contributed by atoms with Crippen molar-refractivity contribution in [1.29, 1.82) is 15.8 Å². The zero-order valence-electron chi connectivity index (χ0n) is 8.38.